The molecule has 0 aliphatic heterocycles. The molecule has 2 aromatic heterocycles. The minimum atomic E-state index is -1.45. The Hall–Kier alpha value is -1.97. The van der Waals surface area contributed by atoms with Crippen LogP contribution in [0.25, 0.3) is 31.4 Å². The molecule has 0 saturated heterocycles. The van der Waals surface area contributed by atoms with Crippen LogP contribution >= 0.6 is 11.3 Å². The quantitative estimate of drug-likeness (QED) is 0.312. The lowest BCUT2D eigenvalue weighted by Crippen LogP contribution is -2.37. The molecule has 4 aromatic rings. The van der Waals surface area contributed by atoms with Crippen molar-refractivity contribution in [2.75, 3.05) is 0 Å². The zero-order chi connectivity index (χ0) is 20.0. The smallest absolute Gasteiger partial charge is 0.0784 e. The van der Waals surface area contributed by atoms with Crippen LogP contribution in [0.3, 0.4) is 0 Å². The van der Waals surface area contributed by atoms with E-state index in [0.29, 0.717) is 5.92 Å². The summed E-state index contributed by atoms with van der Waals surface area (Å²) >= 11 is 1.93. The van der Waals surface area contributed by atoms with E-state index in [0.717, 1.165) is 5.69 Å². The van der Waals surface area contributed by atoms with Gasteiger partial charge in [0.25, 0.3) is 0 Å². The van der Waals surface area contributed by atoms with Crippen LogP contribution < -0.4 is 5.19 Å². The van der Waals surface area contributed by atoms with Gasteiger partial charge in [-0.2, -0.15) is 0 Å². The molecule has 0 bridgehead atoms. The molecule has 1 aliphatic rings. The summed E-state index contributed by atoms with van der Waals surface area (Å²) in [4.78, 5) is 4.95. The third-order valence-corrected chi connectivity index (χ3v) is 9.71. The van der Waals surface area contributed by atoms with Gasteiger partial charge >= 0.3 is 0 Å². The number of hydrogen-bond acceptors (Lipinski definition) is 2. The predicted molar refractivity (Wildman–Crippen MR) is 131 cm³/mol. The van der Waals surface area contributed by atoms with Crippen molar-refractivity contribution in [3.63, 3.8) is 0 Å². The Bertz CT molecular complexity index is 1160. The van der Waals surface area contributed by atoms with Crippen molar-refractivity contribution in [3.05, 3.63) is 60.3 Å². The summed E-state index contributed by atoms with van der Waals surface area (Å²) < 4.78 is 2.79. The zero-order valence-corrected chi connectivity index (χ0v) is 19.5. The molecule has 1 aliphatic carbocycles. The van der Waals surface area contributed by atoms with Crippen LogP contribution in [0.2, 0.25) is 19.6 Å². The van der Waals surface area contributed by atoms with E-state index in [1.165, 1.54) is 63.4 Å². The first-order valence-corrected chi connectivity index (χ1v) is 15.2. The fraction of sp³-hybridized carbons (Fsp3) is 0.346. The van der Waals surface area contributed by atoms with Gasteiger partial charge in [-0.05, 0) is 36.5 Å². The molecule has 1 fully saturated rings. The molecule has 0 spiro atoms. The fourth-order valence-corrected chi connectivity index (χ4v) is 7.83. The summed E-state index contributed by atoms with van der Waals surface area (Å²) in [5.41, 5.74) is 3.83. The first-order chi connectivity index (χ1) is 14.0. The molecule has 0 unspecified atom stereocenters. The van der Waals surface area contributed by atoms with Crippen molar-refractivity contribution in [2.45, 2.75) is 57.7 Å². The summed E-state index contributed by atoms with van der Waals surface area (Å²) in [5, 5.41) is 4.44. The van der Waals surface area contributed by atoms with Crippen molar-refractivity contribution in [1.29, 1.82) is 0 Å². The number of benzene rings is 2. The summed E-state index contributed by atoms with van der Waals surface area (Å²) in [6, 6.07) is 18.2. The van der Waals surface area contributed by atoms with Gasteiger partial charge in [0.05, 0.1) is 13.8 Å². The molecule has 29 heavy (non-hydrogen) atoms. The largest absolute Gasteiger partial charge is 0.256 e. The lowest BCUT2D eigenvalue weighted by molar-refractivity contribution is 0.443. The van der Waals surface area contributed by atoms with E-state index in [2.05, 4.69) is 74.4 Å². The second-order valence-corrected chi connectivity index (χ2v) is 15.6. The second-order valence-electron chi connectivity index (χ2n) is 9.52. The molecule has 1 saturated carbocycles. The lowest BCUT2D eigenvalue weighted by atomic mass is 9.85. The van der Waals surface area contributed by atoms with Crippen molar-refractivity contribution in [3.8, 4) is 11.3 Å². The van der Waals surface area contributed by atoms with Gasteiger partial charge in [0.1, 0.15) is 0 Å². The van der Waals surface area contributed by atoms with Crippen LogP contribution in [0.15, 0.2) is 54.7 Å². The Morgan fingerprint density at radius 2 is 1.69 bits per heavy atom. The van der Waals surface area contributed by atoms with Gasteiger partial charge in [-0.3, -0.25) is 4.98 Å². The molecule has 0 radical (unpaired) electrons. The Morgan fingerprint density at radius 1 is 0.897 bits per heavy atom. The number of nitrogens with zero attached hydrogens (tertiary/aromatic N) is 1. The number of thiophene rings is 1. The minimum absolute atomic E-state index is 0.712. The van der Waals surface area contributed by atoms with E-state index in [-0.39, 0.29) is 0 Å². The molecule has 1 nitrogen and oxygen atoms in total. The van der Waals surface area contributed by atoms with Gasteiger partial charge in [-0.15, -0.1) is 11.3 Å². The number of pyridine rings is 1. The van der Waals surface area contributed by atoms with Crippen LogP contribution in [0.5, 0.6) is 0 Å². The summed E-state index contributed by atoms with van der Waals surface area (Å²) in [5.74, 6) is 0.712. The van der Waals surface area contributed by atoms with Gasteiger partial charge in [0.15, 0.2) is 0 Å². The number of hydrogen-bond donors (Lipinski definition) is 0. The standard InChI is InChI=1S/C26H29NSSi/c1-29(2,3)24-16-14-20(26-25(24)21-11-7-8-12-23(21)28-26)22-15-13-19(17-27-22)18-9-5-4-6-10-18/h7-8,11-18H,4-6,9-10H2,1-3H3. The van der Waals surface area contributed by atoms with Crippen molar-refractivity contribution in [1.82, 2.24) is 4.98 Å². The molecule has 0 N–H and O–H groups in total. The topological polar surface area (TPSA) is 12.9 Å². The highest BCUT2D eigenvalue weighted by molar-refractivity contribution is 7.26. The maximum absolute atomic E-state index is 4.95. The van der Waals surface area contributed by atoms with Crippen LogP contribution in [0.1, 0.15) is 43.6 Å². The van der Waals surface area contributed by atoms with Crippen LogP contribution in [0, 0.1) is 0 Å². The minimum Gasteiger partial charge on any atom is -0.256 e. The lowest BCUT2D eigenvalue weighted by Gasteiger charge is -2.22. The molecule has 0 atom stereocenters. The maximum Gasteiger partial charge on any atom is 0.0784 e. The molecule has 2 aromatic carbocycles. The molecule has 3 heteroatoms. The fourth-order valence-electron chi connectivity index (χ4n) is 4.90. The average Bonchev–Trinajstić information content (AvgIpc) is 3.13. The van der Waals surface area contributed by atoms with E-state index < -0.39 is 8.07 Å². The second kappa shape index (κ2) is 7.37. The van der Waals surface area contributed by atoms with Gasteiger partial charge in [-0.25, -0.2) is 0 Å². The average molecular weight is 416 g/mol. The van der Waals surface area contributed by atoms with Crippen molar-refractivity contribution in [2.24, 2.45) is 0 Å². The summed E-state index contributed by atoms with van der Waals surface area (Å²) in [6.07, 6.45) is 8.94. The van der Waals surface area contributed by atoms with Crippen LogP contribution in [0.4, 0.5) is 0 Å². The van der Waals surface area contributed by atoms with Crippen LogP contribution in [-0.2, 0) is 0 Å². The van der Waals surface area contributed by atoms with Gasteiger partial charge in [0, 0.05) is 31.9 Å². The third kappa shape index (κ3) is 3.45. The monoisotopic (exact) mass is 415 g/mol. The van der Waals surface area contributed by atoms with Crippen LogP contribution in [-0.4, -0.2) is 13.1 Å². The van der Waals surface area contributed by atoms with Gasteiger partial charge < -0.3 is 0 Å². The molecular weight excluding hydrogens is 386 g/mol. The highest BCUT2D eigenvalue weighted by Gasteiger charge is 2.24. The Labute approximate surface area is 178 Å². The molecule has 148 valence electrons. The maximum atomic E-state index is 4.95. The Kier molecular flexibility index (Phi) is 4.83. The Morgan fingerprint density at radius 3 is 2.41 bits per heavy atom. The SMILES string of the molecule is C[Si](C)(C)c1ccc(-c2ccc(C3CCCCC3)cn2)c2sc3ccccc3c12. The first kappa shape index (κ1) is 19.0. The van der Waals surface area contributed by atoms with Gasteiger partial charge in [0.2, 0.25) is 0 Å². The van der Waals surface area contributed by atoms with Crippen molar-refractivity contribution < 1.29 is 0 Å². The number of fused-ring (bicyclic) bond motifs is 3. The Balaban J connectivity index is 1.66. The summed E-state index contributed by atoms with van der Waals surface area (Å²) in [7, 11) is -1.45. The molecule has 0 amide bonds. The molecule has 2 heterocycles. The van der Waals surface area contributed by atoms with Gasteiger partial charge in [-0.1, -0.05) is 80.5 Å². The molecule has 5 rings (SSSR count). The van der Waals surface area contributed by atoms with E-state index in [9.17, 15) is 0 Å². The highest BCUT2D eigenvalue weighted by Crippen LogP contribution is 2.40. The number of rotatable bonds is 3. The van der Waals surface area contributed by atoms with E-state index >= 15 is 0 Å². The predicted octanol–water partition coefficient (Wildman–Crippen LogP) is 7.71. The first-order valence-electron chi connectivity index (χ1n) is 10.9. The van der Waals surface area contributed by atoms with Crippen molar-refractivity contribution >= 4 is 44.8 Å². The van der Waals surface area contributed by atoms with E-state index in [1.54, 1.807) is 5.19 Å². The molecular formula is C26H29NSSi. The highest BCUT2D eigenvalue weighted by atomic mass is 32.1. The summed E-state index contributed by atoms with van der Waals surface area (Å²) in [6.45, 7) is 7.35. The third-order valence-electron chi connectivity index (χ3n) is 6.47. The van der Waals surface area contributed by atoms with E-state index in [4.69, 9.17) is 4.98 Å². The zero-order valence-electron chi connectivity index (χ0n) is 17.7. The van der Waals surface area contributed by atoms with E-state index in [1.807, 2.05) is 11.3 Å². The number of aromatic nitrogens is 1. The normalized spacial score (nSPS) is 16.0.